The van der Waals surface area contributed by atoms with Gasteiger partial charge in [-0.15, -0.1) is 6.58 Å². The van der Waals surface area contributed by atoms with Crippen molar-refractivity contribution < 1.29 is 19.4 Å². The molecule has 6 nitrogen and oxygen atoms in total. The first-order chi connectivity index (χ1) is 11.0. The number of hydrogen-bond donors (Lipinski definition) is 3. The maximum Gasteiger partial charge on any atom is 0.408 e. The van der Waals surface area contributed by atoms with Crippen LogP contribution in [0.2, 0.25) is 0 Å². The maximum absolute atomic E-state index is 12.0. The number of alkyl carbamates (subject to hydrolysis) is 1. The molecule has 0 bridgehead atoms. The largest absolute Gasteiger partial charge is 0.479 e. The molecule has 1 aromatic carbocycles. The van der Waals surface area contributed by atoms with Gasteiger partial charge in [-0.05, 0) is 38.4 Å². The van der Waals surface area contributed by atoms with Gasteiger partial charge in [-0.2, -0.15) is 0 Å². The van der Waals surface area contributed by atoms with Crippen LogP contribution in [-0.2, 0) is 16.1 Å². The number of carbonyl (C=O) groups excluding carboxylic acids is 1. The van der Waals surface area contributed by atoms with E-state index in [1.54, 1.807) is 7.05 Å². The second kappa shape index (κ2) is 9.63. The zero-order valence-corrected chi connectivity index (χ0v) is 13.4. The van der Waals surface area contributed by atoms with Gasteiger partial charge < -0.3 is 20.5 Å². The maximum atomic E-state index is 12.0. The number of rotatable bonds is 10. The second-order valence-corrected chi connectivity index (χ2v) is 5.27. The molecule has 0 unspecified atom stereocenters. The number of aliphatic carboxylic acids is 1. The lowest BCUT2D eigenvalue weighted by Gasteiger charge is -2.29. The summed E-state index contributed by atoms with van der Waals surface area (Å²) >= 11 is 0. The van der Waals surface area contributed by atoms with Crippen molar-refractivity contribution >= 4 is 12.1 Å². The predicted octanol–water partition coefficient (Wildman–Crippen LogP) is 2.31. The Bertz CT molecular complexity index is 519. The van der Waals surface area contributed by atoms with Crippen LogP contribution in [0.25, 0.3) is 0 Å². The summed E-state index contributed by atoms with van der Waals surface area (Å²) in [5.74, 6) is -1.09. The molecule has 1 aromatic rings. The number of amides is 1. The predicted molar refractivity (Wildman–Crippen MR) is 88.1 cm³/mol. The molecule has 0 aliphatic carbocycles. The molecule has 0 saturated heterocycles. The first kappa shape index (κ1) is 18.7. The Kier molecular flexibility index (Phi) is 7.83. The number of nitrogens with one attached hydrogen (secondary N) is 2. The molecule has 0 spiro atoms. The lowest BCUT2D eigenvalue weighted by Crippen LogP contribution is -2.54. The number of carboxylic acids is 1. The molecule has 126 valence electrons. The summed E-state index contributed by atoms with van der Waals surface area (Å²) in [4.78, 5) is 23.7. The molecule has 1 amide bonds. The minimum absolute atomic E-state index is 0.0903. The lowest BCUT2D eigenvalue weighted by atomic mass is 9.89. The van der Waals surface area contributed by atoms with E-state index in [9.17, 15) is 14.7 Å². The molecule has 23 heavy (non-hydrogen) atoms. The Morgan fingerprint density at radius 1 is 1.35 bits per heavy atom. The van der Waals surface area contributed by atoms with Crippen molar-refractivity contribution in [2.75, 3.05) is 13.6 Å². The molecular weight excluding hydrogens is 296 g/mol. The summed E-state index contributed by atoms with van der Waals surface area (Å²) < 4.78 is 5.12. The minimum Gasteiger partial charge on any atom is -0.479 e. The first-order valence-electron chi connectivity index (χ1n) is 7.52. The summed E-state index contributed by atoms with van der Waals surface area (Å²) in [6, 6.07) is 9.20. The molecule has 6 heteroatoms. The Hall–Kier alpha value is -2.34. The van der Waals surface area contributed by atoms with Crippen molar-refractivity contribution in [2.24, 2.45) is 0 Å². The van der Waals surface area contributed by atoms with Gasteiger partial charge in [0.15, 0.2) is 0 Å². The van der Waals surface area contributed by atoms with Crippen LogP contribution in [0.5, 0.6) is 0 Å². The van der Waals surface area contributed by atoms with Crippen molar-refractivity contribution in [3.63, 3.8) is 0 Å². The SMILES string of the molecule is C=CC[C@](CCCNC)(NC(=O)OCc1ccccc1)C(=O)O. The number of ether oxygens (including phenoxy) is 1. The quantitative estimate of drug-likeness (QED) is 0.455. The zero-order valence-electron chi connectivity index (χ0n) is 13.4. The van der Waals surface area contributed by atoms with E-state index in [1.807, 2.05) is 30.3 Å². The Balaban J connectivity index is 2.68. The molecule has 0 aliphatic heterocycles. The molecule has 0 radical (unpaired) electrons. The van der Waals surface area contributed by atoms with Crippen LogP contribution in [0.3, 0.4) is 0 Å². The number of carbonyl (C=O) groups is 2. The van der Waals surface area contributed by atoms with Gasteiger partial charge in [0, 0.05) is 0 Å². The van der Waals surface area contributed by atoms with E-state index >= 15 is 0 Å². The van der Waals surface area contributed by atoms with Crippen LogP contribution in [0, 0.1) is 0 Å². The first-order valence-corrected chi connectivity index (χ1v) is 7.52. The zero-order chi connectivity index (χ0) is 17.1. The van der Waals surface area contributed by atoms with E-state index in [1.165, 1.54) is 6.08 Å². The van der Waals surface area contributed by atoms with Crippen LogP contribution >= 0.6 is 0 Å². The molecule has 0 heterocycles. The van der Waals surface area contributed by atoms with Gasteiger partial charge in [0.1, 0.15) is 12.1 Å². The number of carboxylic acid groups (broad SMARTS) is 1. The molecule has 3 N–H and O–H groups in total. The molecule has 0 aliphatic rings. The van der Waals surface area contributed by atoms with Gasteiger partial charge in [-0.1, -0.05) is 36.4 Å². The third-order valence-corrected chi connectivity index (χ3v) is 3.49. The highest BCUT2D eigenvalue weighted by atomic mass is 16.5. The summed E-state index contributed by atoms with van der Waals surface area (Å²) in [6.07, 6.45) is 1.77. The van der Waals surface area contributed by atoms with Crippen LogP contribution in [0.15, 0.2) is 43.0 Å². The fraction of sp³-hybridized carbons (Fsp3) is 0.412. The summed E-state index contributed by atoms with van der Waals surface area (Å²) in [5, 5.41) is 15.0. The van der Waals surface area contributed by atoms with Crippen molar-refractivity contribution in [1.82, 2.24) is 10.6 Å². The Morgan fingerprint density at radius 2 is 2.04 bits per heavy atom. The summed E-state index contributed by atoms with van der Waals surface area (Å²) in [7, 11) is 1.79. The normalized spacial score (nSPS) is 12.9. The molecule has 0 fully saturated rings. The fourth-order valence-electron chi connectivity index (χ4n) is 2.23. The summed E-state index contributed by atoms with van der Waals surface area (Å²) in [5.41, 5.74) is -0.561. The third kappa shape index (κ3) is 6.12. The second-order valence-electron chi connectivity index (χ2n) is 5.27. The van der Waals surface area contributed by atoms with Gasteiger partial charge >= 0.3 is 12.1 Å². The average molecular weight is 320 g/mol. The van der Waals surface area contributed by atoms with Crippen molar-refractivity contribution in [3.8, 4) is 0 Å². The van der Waals surface area contributed by atoms with Gasteiger partial charge in [0.2, 0.25) is 0 Å². The van der Waals surface area contributed by atoms with E-state index in [-0.39, 0.29) is 19.4 Å². The van der Waals surface area contributed by atoms with Gasteiger partial charge in [0.25, 0.3) is 0 Å². The van der Waals surface area contributed by atoms with E-state index in [0.717, 1.165) is 5.56 Å². The fourth-order valence-corrected chi connectivity index (χ4v) is 2.23. The van der Waals surface area contributed by atoms with Gasteiger partial charge in [-0.25, -0.2) is 9.59 Å². The summed E-state index contributed by atoms with van der Waals surface area (Å²) in [6.45, 7) is 4.34. The highest BCUT2D eigenvalue weighted by Crippen LogP contribution is 2.19. The van der Waals surface area contributed by atoms with Gasteiger partial charge in [0.05, 0.1) is 0 Å². The molecule has 0 aromatic heterocycles. The molecular formula is C17H24N2O4. The topological polar surface area (TPSA) is 87.7 Å². The van der Waals surface area contributed by atoms with E-state index in [2.05, 4.69) is 17.2 Å². The highest BCUT2D eigenvalue weighted by Gasteiger charge is 2.38. The van der Waals surface area contributed by atoms with Crippen LogP contribution < -0.4 is 10.6 Å². The molecule has 1 rings (SSSR count). The van der Waals surface area contributed by atoms with Crippen molar-refractivity contribution in [2.45, 2.75) is 31.4 Å². The molecule has 0 saturated carbocycles. The van der Waals surface area contributed by atoms with E-state index in [0.29, 0.717) is 13.0 Å². The number of benzene rings is 1. The van der Waals surface area contributed by atoms with Gasteiger partial charge in [-0.3, -0.25) is 0 Å². The van der Waals surface area contributed by atoms with Crippen molar-refractivity contribution in [1.29, 1.82) is 0 Å². The molecule has 1 atom stereocenters. The van der Waals surface area contributed by atoms with Crippen LogP contribution in [-0.4, -0.2) is 36.3 Å². The highest BCUT2D eigenvalue weighted by molar-refractivity contribution is 5.84. The third-order valence-electron chi connectivity index (χ3n) is 3.49. The Labute approximate surface area is 136 Å². The number of hydrogen-bond acceptors (Lipinski definition) is 4. The standard InChI is InChI=1S/C17H24N2O4/c1-3-10-17(15(20)21,11-7-12-18-2)19-16(22)23-13-14-8-5-4-6-9-14/h3-6,8-9,18H,1,7,10-13H2,2H3,(H,19,22)(H,20,21)/t17-/m1/s1. The Morgan fingerprint density at radius 3 is 2.61 bits per heavy atom. The lowest BCUT2D eigenvalue weighted by molar-refractivity contribution is -0.145. The monoisotopic (exact) mass is 320 g/mol. The van der Waals surface area contributed by atoms with Crippen LogP contribution in [0.1, 0.15) is 24.8 Å². The smallest absolute Gasteiger partial charge is 0.408 e. The van der Waals surface area contributed by atoms with E-state index in [4.69, 9.17) is 4.74 Å². The van der Waals surface area contributed by atoms with Crippen LogP contribution in [0.4, 0.5) is 4.79 Å². The van der Waals surface area contributed by atoms with E-state index < -0.39 is 17.6 Å². The average Bonchev–Trinajstić information content (AvgIpc) is 2.54. The van der Waals surface area contributed by atoms with Crippen molar-refractivity contribution in [3.05, 3.63) is 48.6 Å². The minimum atomic E-state index is -1.40.